The van der Waals surface area contributed by atoms with Crippen LogP contribution in [0.15, 0.2) is 42.5 Å². The number of alkyl halides is 3. The van der Waals surface area contributed by atoms with Crippen molar-refractivity contribution in [3.05, 3.63) is 64.7 Å². The summed E-state index contributed by atoms with van der Waals surface area (Å²) in [6.45, 7) is 4.12. The molecule has 0 bridgehead atoms. The molecule has 0 fully saturated rings. The van der Waals surface area contributed by atoms with E-state index in [1.165, 1.54) is 28.8 Å². The molecule has 24 heavy (non-hydrogen) atoms. The zero-order chi connectivity index (χ0) is 17.7. The molecule has 0 N–H and O–H groups in total. The molecule has 0 aromatic heterocycles. The predicted molar refractivity (Wildman–Crippen MR) is 87.1 cm³/mol. The van der Waals surface area contributed by atoms with Crippen molar-refractivity contribution in [3.8, 4) is 5.75 Å². The molecule has 1 atom stereocenters. The van der Waals surface area contributed by atoms with Crippen LogP contribution in [-0.4, -0.2) is 13.5 Å². The molecule has 0 saturated carbocycles. The van der Waals surface area contributed by atoms with Crippen LogP contribution < -0.4 is 4.74 Å². The van der Waals surface area contributed by atoms with Gasteiger partial charge < -0.3 is 9.47 Å². The molecule has 0 amide bonds. The number of rotatable bonds is 6. The molecule has 0 aliphatic heterocycles. The second-order valence-electron chi connectivity index (χ2n) is 5.88. The third-order valence-electron chi connectivity index (χ3n) is 3.75. The molecule has 2 nitrogen and oxygen atoms in total. The van der Waals surface area contributed by atoms with Crippen molar-refractivity contribution in [2.45, 2.75) is 39.2 Å². The van der Waals surface area contributed by atoms with Crippen LogP contribution in [0.25, 0.3) is 0 Å². The van der Waals surface area contributed by atoms with Crippen molar-refractivity contribution in [1.29, 1.82) is 0 Å². The van der Waals surface area contributed by atoms with Crippen LogP contribution in [0.5, 0.6) is 5.75 Å². The quantitative estimate of drug-likeness (QED) is 0.690. The second kappa shape index (κ2) is 7.71. The van der Waals surface area contributed by atoms with Gasteiger partial charge in [-0.1, -0.05) is 41.5 Å². The summed E-state index contributed by atoms with van der Waals surface area (Å²) in [5.74, 6) is -0.226. The Morgan fingerprint density at radius 1 is 0.958 bits per heavy atom. The minimum Gasteiger partial charge on any atom is -0.406 e. The number of aryl methyl sites for hydroxylation is 3. The molecule has 2 aromatic rings. The fourth-order valence-electron chi connectivity index (χ4n) is 2.82. The Morgan fingerprint density at radius 3 is 2.04 bits per heavy atom. The standard InChI is InChI=1S/C19H21F3O2/c1-13-10-14(2)12-15(11-13)4-9-18(23-3)16-5-7-17(8-6-16)24-19(20,21)22/h5-8,10-12,18H,4,9H2,1-3H3. The Hall–Kier alpha value is -2.01. The minimum atomic E-state index is -4.68. The molecule has 130 valence electrons. The van der Waals surface area contributed by atoms with Crippen molar-refractivity contribution in [1.82, 2.24) is 0 Å². The summed E-state index contributed by atoms with van der Waals surface area (Å²) in [5, 5.41) is 0. The molecular formula is C19H21F3O2. The van der Waals surface area contributed by atoms with Gasteiger partial charge in [-0.05, 0) is 49.9 Å². The van der Waals surface area contributed by atoms with Crippen LogP contribution >= 0.6 is 0 Å². The van der Waals surface area contributed by atoms with E-state index in [2.05, 4.69) is 36.8 Å². The average Bonchev–Trinajstić information content (AvgIpc) is 2.47. The maximum absolute atomic E-state index is 12.2. The smallest absolute Gasteiger partial charge is 0.406 e. The van der Waals surface area contributed by atoms with Crippen LogP contribution in [-0.2, 0) is 11.2 Å². The first kappa shape index (κ1) is 18.3. The van der Waals surface area contributed by atoms with Crippen LogP contribution in [0.1, 0.15) is 34.8 Å². The maximum atomic E-state index is 12.2. The van der Waals surface area contributed by atoms with Crippen LogP contribution in [0.4, 0.5) is 13.2 Å². The lowest BCUT2D eigenvalue weighted by Crippen LogP contribution is -2.17. The molecule has 2 aromatic carbocycles. The number of ether oxygens (including phenoxy) is 2. The number of halogens is 3. The van der Waals surface area contributed by atoms with Gasteiger partial charge in [0.1, 0.15) is 5.75 Å². The fraction of sp³-hybridized carbons (Fsp3) is 0.368. The molecule has 0 radical (unpaired) electrons. The zero-order valence-corrected chi connectivity index (χ0v) is 14.0. The number of hydrogen-bond acceptors (Lipinski definition) is 2. The van der Waals surface area contributed by atoms with Gasteiger partial charge >= 0.3 is 6.36 Å². The highest BCUT2D eigenvalue weighted by Gasteiger charge is 2.31. The van der Waals surface area contributed by atoms with Gasteiger partial charge in [0, 0.05) is 7.11 Å². The maximum Gasteiger partial charge on any atom is 0.573 e. The van der Waals surface area contributed by atoms with E-state index in [1.54, 1.807) is 19.2 Å². The molecule has 0 heterocycles. The Balaban J connectivity index is 2.02. The number of benzene rings is 2. The van der Waals surface area contributed by atoms with E-state index in [9.17, 15) is 13.2 Å². The van der Waals surface area contributed by atoms with Gasteiger partial charge in [0.15, 0.2) is 0 Å². The third kappa shape index (κ3) is 5.57. The van der Waals surface area contributed by atoms with Crippen LogP contribution in [0.2, 0.25) is 0 Å². The van der Waals surface area contributed by atoms with Crippen molar-refractivity contribution in [3.63, 3.8) is 0 Å². The van der Waals surface area contributed by atoms with E-state index >= 15 is 0 Å². The molecule has 1 unspecified atom stereocenters. The van der Waals surface area contributed by atoms with E-state index in [0.717, 1.165) is 18.4 Å². The lowest BCUT2D eigenvalue weighted by Gasteiger charge is -2.17. The first-order chi connectivity index (χ1) is 11.3. The highest BCUT2D eigenvalue weighted by molar-refractivity contribution is 5.30. The van der Waals surface area contributed by atoms with Gasteiger partial charge in [-0.2, -0.15) is 0 Å². The lowest BCUT2D eigenvalue weighted by molar-refractivity contribution is -0.274. The minimum absolute atomic E-state index is 0.175. The fourth-order valence-corrected chi connectivity index (χ4v) is 2.82. The molecule has 0 spiro atoms. The van der Waals surface area contributed by atoms with Crippen molar-refractivity contribution in [2.75, 3.05) is 7.11 Å². The Morgan fingerprint density at radius 2 is 1.54 bits per heavy atom. The van der Waals surface area contributed by atoms with Crippen LogP contribution in [0.3, 0.4) is 0 Å². The summed E-state index contributed by atoms with van der Waals surface area (Å²) in [6, 6.07) is 12.2. The van der Waals surface area contributed by atoms with Crippen molar-refractivity contribution in [2.24, 2.45) is 0 Å². The Bertz CT molecular complexity index is 643. The predicted octanol–water partition coefficient (Wildman–Crippen LogP) is 5.52. The van der Waals surface area contributed by atoms with E-state index in [-0.39, 0.29) is 11.9 Å². The van der Waals surface area contributed by atoms with Gasteiger partial charge in [0.05, 0.1) is 6.10 Å². The second-order valence-corrected chi connectivity index (χ2v) is 5.88. The summed E-state index contributed by atoms with van der Waals surface area (Å²) < 4.78 is 46.0. The first-order valence-corrected chi connectivity index (χ1v) is 7.72. The summed E-state index contributed by atoms with van der Waals surface area (Å²) >= 11 is 0. The summed E-state index contributed by atoms with van der Waals surface area (Å²) in [4.78, 5) is 0. The normalized spacial score (nSPS) is 12.9. The summed E-state index contributed by atoms with van der Waals surface area (Å²) in [7, 11) is 1.60. The van der Waals surface area contributed by atoms with E-state index in [1.807, 2.05) is 0 Å². The highest BCUT2D eigenvalue weighted by Crippen LogP contribution is 2.27. The van der Waals surface area contributed by atoms with Crippen molar-refractivity contribution >= 4 is 0 Å². The lowest BCUT2D eigenvalue weighted by atomic mass is 9.99. The largest absolute Gasteiger partial charge is 0.573 e. The zero-order valence-electron chi connectivity index (χ0n) is 14.0. The molecule has 0 aliphatic carbocycles. The van der Waals surface area contributed by atoms with Gasteiger partial charge in [-0.3, -0.25) is 0 Å². The SMILES string of the molecule is COC(CCc1cc(C)cc(C)c1)c1ccc(OC(F)(F)F)cc1. The summed E-state index contributed by atoms with van der Waals surface area (Å²) in [6.07, 6.45) is -3.27. The topological polar surface area (TPSA) is 18.5 Å². The molecule has 0 aliphatic rings. The Labute approximate surface area is 140 Å². The van der Waals surface area contributed by atoms with E-state index in [4.69, 9.17) is 4.74 Å². The van der Waals surface area contributed by atoms with Gasteiger partial charge in [0.2, 0.25) is 0 Å². The molecule has 2 rings (SSSR count). The van der Waals surface area contributed by atoms with Crippen molar-refractivity contribution < 1.29 is 22.6 Å². The Kier molecular flexibility index (Phi) is 5.89. The molecular weight excluding hydrogens is 317 g/mol. The molecule has 0 saturated heterocycles. The number of hydrogen-bond donors (Lipinski definition) is 0. The first-order valence-electron chi connectivity index (χ1n) is 7.72. The summed E-state index contributed by atoms with van der Waals surface area (Å²) in [5.41, 5.74) is 4.49. The van der Waals surface area contributed by atoms with Crippen LogP contribution in [0, 0.1) is 13.8 Å². The monoisotopic (exact) mass is 338 g/mol. The van der Waals surface area contributed by atoms with Gasteiger partial charge in [-0.15, -0.1) is 13.2 Å². The van der Waals surface area contributed by atoms with E-state index in [0.29, 0.717) is 0 Å². The number of methoxy groups -OCH3 is 1. The van der Waals surface area contributed by atoms with Gasteiger partial charge in [0.25, 0.3) is 0 Å². The third-order valence-corrected chi connectivity index (χ3v) is 3.75. The average molecular weight is 338 g/mol. The van der Waals surface area contributed by atoms with E-state index < -0.39 is 6.36 Å². The molecule has 5 heteroatoms. The van der Waals surface area contributed by atoms with Gasteiger partial charge in [-0.25, -0.2) is 0 Å². The highest BCUT2D eigenvalue weighted by atomic mass is 19.4.